The summed E-state index contributed by atoms with van der Waals surface area (Å²) in [7, 11) is 0. The van der Waals surface area contributed by atoms with Gasteiger partial charge in [0.2, 0.25) is 5.95 Å². The maximum Gasteiger partial charge on any atom is 0.262 e. The largest absolute Gasteiger partial charge is 0.368 e. The van der Waals surface area contributed by atoms with Gasteiger partial charge in [-0.05, 0) is 30.9 Å². The van der Waals surface area contributed by atoms with Crippen LogP contribution in [0.1, 0.15) is 52.4 Å². The van der Waals surface area contributed by atoms with E-state index in [9.17, 15) is 10.1 Å². The van der Waals surface area contributed by atoms with Crippen molar-refractivity contribution in [3.63, 3.8) is 0 Å². The summed E-state index contributed by atoms with van der Waals surface area (Å²) in [5.74, 6) is 0.873. The molecular weight excluding hydrogens is 414 g/mol. The van der Waals surface area contributed by atoms with Gasteiger partial charge in [0.05, 0.1) is 27.7 Å². The van der Waals surface area contributed by atoms with E-state index in [0.29, 0.717) is 40.5 Å². The molecule has 3 rings (SSSR count). The quantitative estimate of drug-likeness (QED) is 0.613. The zero-order chi connectivity index (χ0) is 23.0. The van der Waals surface area contributed by atoms with Gasteiger partial charge in [-0.1, -0.05) is 45.4 Å². The van der Waals surface area contributed by atoms with Crippen molar-refractivity contribution >= 4 is 34.3 Å². The van der Waals surface area contributed by atoms with Crippen LogP contribution in [0.2, 0.25) is 5.02 Å². The van der Waals surface area contributed by atoms with Crippen molar-refractivity contribution in [1.82, 2.24) is 19.5 Å². The van der Waals surface area contributed by atoms with Crippen LogP contribution in [0.25, 0.3) is 10.9 Å². The molecule has 0 saturated carbocycles. The smallest absolute Gasteiger partial charge is 0.262 e. The average Bonchev–Trinajstić information content (AvgIpc) is 2.69. The summed E-state index contributed by atoms with van der Waals surface area (Å²) in [6.45, 7) is 10.5. The average molecular weight is 440 g/mol. The number of nitriles is 1. The van der Waals surface area contributed by atoms with Crippen LogP contribution < -0.4 is 16.6 Å². The second-order valence-corrected chi connectivity index (χ2v) is 9.34. The van der Waals surface area contributed by atoms with E-state index in [1.807, 2.05) is 13.8 Å². The number of nitrogens with one attached hydrogen (secondary N) is 1. The molecule has 3 aromatic rings. The zero-order valence-corrected chi connectivity index (χ0v) is 19.1. The molecule has 31 heavy (non-hydrogen) atoms. The Hall–Kier alpha value is -3.18. The van der Waals surface area contributed by atoms with Crippen molar-refractivity contribution in [2.45, 2.75) is 53.1 Å². The minimum Gasteiger partial charge on any atom is -0.368 e. The third-order valence-electron chi connectivity index (χ3n) is 5.09. The summed E-state index contributed by atoms with van der Waals surface area (Å²) in [6.07, 6.45) is 1.93. The zero-order valence-electron chi connectivity index (χ0n) is 18.3. The minimum atomic E-state index is -0.826. The molecule has 0 radical (unpaired) electrons. The van der Waals surface area contributed by atoms with Crippen LogP contribution in [-0.4, -0.2) is 19.5 Å². The van der Waals surface area contributed by atoms with Crippen LogP contribution in [0.3, 0.4) is 0 Å². The molecule has 0 aliphatic rings. The number of hydrogen-bond acceptors (Lipinski definition) is 7. The first-order valence-electron chi connectivity index (χ1n) is 9.99. The molecule has 1 aromatic carbocycles. The van der Waals surface area contributed by atoms with Crippen molar-refractivity contribution in [3.05, 3.63) is 51.2 Å². The predicted octanol–water partition coefficient (Wildman–Crippen LogP) is 4.08. The standard InChI is InChI=1S/C22H26ClN7O/c1-6-22(5,29-17-13(10-24)11-26-20(25)28-17)19-27-15-9-7-8-14(23)16(15)18(31)30(19)12-21(2,3)4/h7-9,11H,6,12H2,1-5H3,(H3,25,26,28,29). The lowest BCUT2D eigenvalue weighted by atomic mass is 9.93. The topological polar surface area (TPSA) is 123 Å². The van der Waals surface area contributed by atoms with E-state index < -0.39 is 5.54 Å². The third kappa shape index (κ3) is 4.47. The highest BCUT2D eigenvalue weighted by Gasteiger charge is 2.33. The van der Waals surface area contributed by atoms with Crippen LogP contribution in [0.4, 0.5) is 11.8 Å². The van der Waals surface area contributed by atoms with Gasteiger partial charge >= 0.3 is 0 Å². The SMILES string of the molecule is CCC(C)(Nc1nc(N)ncc1C#N)c1nc2cccc(Cl)c2c(=O)n1CC(C)(C)C. The summed E-state index contributed by atoms with van der Waals surface area (Å²) in [6, 6.07) is 7.30. The third-order valence-corrected chi connectivity index (χ3v) is 5.40. The Morgan fingerprint density at radius 2 is 1.97 bits per heavy atom. The Morgan fingerprint density at radius 1 is 1.26 bits per heavy atom. The van der Waals surface area contributed by atoms with Crippen LogP contribution in [0.5, 0.6) is 0 Å². The highest BCUT2D eigenvalue weighted by molar-refractivity contribution is 6.35. The molecule has 0 fully saturated rings. The van der Waals surface area contributed by atoms with E-state index in [2.05, 4.69) is 42.1 Å². The van der Waals surface area contributed by atoms with Crippen molar-refractivity contribution in [2.24, 2.45) is 5.41 Å². The second kappa shape index (κ2) is 8.16. The van der Waals surface area contributed by atoms with Crippen LogP contribution in [-0.2, 0) is 12.1 Å². The number of fused-ring (bicyclic) bond motifs is 1. The monoisotopic (exact) mass is 439 g/mol. The minimum absolute atomic E-state index is 0.0466. The molecule has 9 heteroatoms. The fourth-order valence-corrected chi connectivity index (χ4v) is 3.65. The lowest BCUT2D eigenvalue weighted by Crippen LogP contribution is -2.42. The summed E-state index contributed by atoms with van der Waals surface area (Å²) in [4.78, 5) is 26.5. The summed E-state index contributed by atoms with van der Waals surface area (Å²) >= 11 is 6.36. The molecule has 0 spiro atoms. The molecule has 0 saturated heterocycles. The summed E-state index contributed by atoms with van der Waals surface area (Å²) in [5, 5.41) is 13.5. The molecule has 162 valence electrons. The Morgan fingerprint density at radius 3 is 2.58 bits per heavy atom. The molecule has 2 heterocycles. The molecule has 8 nitrogen and oxygen atoms in total. The first-order chi connectivity index (χ1) is 14.5. The Kier molecular flexibility index (Phi) is 5.92. The van der Waals surface area contributed by atoms with Crippen molar-refractivity contribution < 1.29 is 0 Å². The van der Waals surface area contributed by atoms with E-state index in [4.69, 9.17) is 22.3 Å². The normalized spacial score (nSPS) is 13.6. The Balaban J connectivity index is 2.30. The maximum absolute atomic E-state index is 13.6. The first-order valence-corrected chi connectivity index (χ1v) is 10.4. The molecule has 0 bridgehead atoms. The highest BCUT2D eigenvalue weighted by Crippen LogP contribution is 2.31. The van der Waals surface area contributed by atoms with Gasteiger partial charge < -0.3 is 11.1 Å². The van der Waals surface area contributed by atoms with Crippen LogP contribution in [0.15, 0.2) is 29.2 Å². The van der Waals surface area contributed by atoms with E-state index in [-0.39, 0.29) is 22.5 Å². The van der Waals surface area contributed by atoms with Gasteiger partial charge in [0, 0.05) is 6.54 Å². The molecule has 2 aromatic heterocycles. The van der Waals surface area contributed by atoms with Gasteiger partial charge in [-0.3, -0.25) is 9.36 Å². The number of nitrogens with zero attached hydrogens (tertiary/aromatic N) is 5. The molecule has 0 aliphatic carbocycles. The molecule has 1 atom stereocenters. The number of aromatic nitrogens is 4. The fraction of sp³-hybridized carbons (Fsp3) is 0.409. The van der Waals surface area contributed by atoms with Crippen molar-refractivity contribution in [2.75, 3.05) is 11.1 Å². The maximum atomic E-state index is 13.6. The first kappa shape index (κ1) is 22.5. The highest BCUT2D eigenvalue weighted by atomic mass is 35.5. The van der Waals surface area contributed by atoms with Gasteiger partial charge in [0.15, 0.2) is 0 Å². The van der Waals surface area contributed by atoms with Gasteiger partial charge in [0.25, 0.3) is 5.56 Å². The number of anilines is 2. The van der Waals surface area contributed by atoms with Gasteiger partial charge in [-0.2, -0.15) is 10.2 Å². The van der Waals surface area contributed by atoms with E-state index in [1.54, 1.807) is 22.8 Å². The van der Waals surface area contributed by atoms with Gasteiger partial charge in [-0.25, -0.2) is 9.97 Å². The molecule has 0 amide bonds. The fourth-order valence-electron chi connectivity index (χ4n) is 3.40. The second-order valence-electron chi connectivity index (χ2n) is 8.93. The van der Waals surface area contributed by atoms with Crippen molar-refractivity contribution in [3.8, 4) is 6.07 Å². The molecule has 1 unspecified atom stereocenters. The number of nitrogen functional groups attached to an aromatic ring is 1. The number of rotatable bonds is 5. The van der Waals surface area contributed by atoms with Crippen molar-refractivity contribution in [1.29, 1.82) is 5.26 Å². The van der Waals surface area contributed by atoms with E-state index in [0.717, 1.165) is 0 Å². The summed E-state index contributed by atoms with van der Waals surface area (Å²) in [5.41, 5.74) is 5.30. The molecule has 0 aliphatic heterocycles. The predicted molar refractivity (Wildman–Crippen MR) is 123 cm³/mol. The lowest BCUT2D eigenvalue weighted by Gasteiger charge is -2.34. The van der Waals surface area contributed by atoms with Gasteiger partial charge in [-0.15, -0.1) is 0 Å². The van der Waals surface area contributed by atoms with Crippen LogP contribution in [0, 0.1) is 16.7 Å². The van der Waals surface area contributed by atoms with E-state index >= 15 is 0 Å². The molecular formula is C22H26ClN7O. The van der Waals surface area contributed by atoms with E-state index in [1.165, 1.54) is 6.20 Å². The van der Waals surface area contributed by atoms with Gasteiger partial charge in [0.1, 0.15) is 23.3 Å². The number of hydrogen-bond donors (Lipinski definition) is 2. The summed E-state index contributed by atoms with van der Waals surface area (Å²) < 4.78 is 1.67. The number of halogens is 1. The molecule has 3 N–H and O–H groups in total. The van der Waals surface area contributed by atoms with Crippen LogP contribution >= 0.6 is 11.6 Å². The Labute approximate surface area is 186 Å². The lowest BCUT2D eigenvalue weighted by molar-refractivity contribution is 0.314. The number of benzene rings is 1. The number of nitrogens with two attached hydrogens (primary N) is 1. The Bertz CT molecular complexity index is 1240.